The highest BCUT2D eigenvalue weighted by Crippen LogP contribution is 2.31. The van der Waals surface area contributed by atoms with Crippen LogP contribution in [0.2, 0.25) is 0 Å². The standard InChI is InChI=1S/C15H24N4/c1-2-18-9-3-4-14(18)13-5-6-15(17-12-13)19-10-7-16-8-11-19/h5-6,12,14,16H,2-4,7-11H2,1H3/t14-/m0/s1. The van der Waals surface area contributed by atoms with Crippen LogP contribution in [0.5, 0.6) is 0 Å². The highest BCUT2D eigenvalue weighted by atomic mass is 15.2. The summed E-state index contributed by atoms with van der Waals surface area (Å²) in [5.41, 5.74) is 1.39. The Hall–Kier alpha value is -1.13. The van der Waals surface area contributed by atoms with Crippen molar-refractivity contribution in [2.24, 2.45) is 0 Å². The fourth-order valence-corrected chi connectivity index (χ4v) is 3.26. The summed E-state index contributed by atoms with van der Waals surface area (Å²) < 4.78 is 0. The van der Waals surface area contributed by atoms with E-state index in [9.17, 15) is 0 Å². The third-order valence-electron chi connectivity index (χ3n) is 4.37. The van der Waals surface area contributed by atoms with E-state index in [1.807, 2.05) is 0 Å². The molecule has 0 saturated carbocycles. The van der Waals surface area contributed by atoms with Crippen molar-refractivity contribution < 1.29 is 0 Å². The minimum atomic E-state index is 0.592. The maximum atomic E-state index is 4.69. The van der Waals surface area contributed by atoms with Crippen LogP contribution in [-0.4, -0.2) is 49.2 Å². The number of piperazine rings is 1. The van der Waals surface area contributed by atoms with Gasteiger partial charge >= 0.3 is 0 Å². The maximum absolute atomic E-state index is 4.69. The van der Waals surface area contributed by atoms with Gasteiger partial charge in [0.15, 0.2) is 0 Å². The Morgan fingerprint density at radius 3 is 2.79 bits per heavy atom. The van der Waals surface area contributed by atoms with Gasteiger partial charge in [0.1, 0.15) is 5.82 Å². The SMILES string of the molecule is CCN1CCC[C@H]1c1ccc(N2CCNCC2)nc1. The minimum absolute atomic E-state index is 0.592. The molecule has 0 bridgehead atoms. The van der Waals surface area contributed by atoms with Gasteiger partial charge in [-0.1, -0.05) is 13.0 Å². The number of hydrogen-bond acceptors (Lipinski definition) is 4. The zero-order valence-corrected chi connectivity index (χ0v) is 11.8. The first-order valence-corrected chi connectivity index (χ1v) is 7.54. The number of hydrogen-bond donors (Lipinski definition) is 1. The molecular weight excluding hydrogens is 236 g/mol. The third kappa shape index (κ3) is 2.74. The Kier molecular flexibility index (Phi) is 3.99. The van der Waals surface area contributed by atoms with Crippen molar-refractivity contribution in [2.45, 2.75) is 25.8 Å². The lowest BCUT2D eigenvalue weighted by atomic mass is 10.1. The Labute approximate surface area is 115 Å². The van der Waals surface area contributed by atoms with E-state index in [0.29, 0.717) is 6.04 Å². The van der Waals surface area contributed by atoms with Gasteiger partial charge in [-0.15, -0.1) is 0 Å². The van der Waals surface area contributed by atoms with Crippen molar-refractivity contribution in [3.05, 3.63) is 23.9 Å². The van der Waals surface area contributed by atoms with Crippen molar-refractivity contribution in [2.75, 3.05) is 44.2 Å². The fraction of sp³-hybridized carbons (Fsp3) is 0.667. The van der Waals surface area contributed by atoms with E-state index in [2.05, 4.69) is 45.4 Å². The highest BCUT2D eigenvalue weighted by Gasteiger charge is 2.24. The summed E-state index contributed by atoms with van der Waals surface area (Å²) >= 11 is 0. The average molecular weight is 260 g/mol. The molecule has 19 heavy (non-hydrogen) atoms. The summed E-state index contributed by atoms with van der Waals surface area (Å²) in [4.78, 5) is 9.61. The molecule has 2 fully saturated rings. The first kappa shape index (κ1) is 12.9. The molecule has 0 spiro atoms. The molecular formula is C15H24N4. The zero-order valence-electron chi connectivity index (χ0n) is 11.8. The van der Waals surface area contributed by atoms with Gasteiger partial charge in [-0.3, -0.25) is 4.90 Å². The van der Waals surface area contributed by atoms with Crippen LogP contribution in [0.3, 0.4) is 0 Å². The molecule has 1 aromatic heterocycles. The quantitative estimate of drug-likeness (QED) is 0.895. The molecule has 0 radical (unpaired) electrons. The van der Waals surface area contributed by atoms with Gasteiger partial charge in [0, 0.05) is 38.4 Å². The molecule has 1 aromatic rings. The molecule has 0 aromatic carbocycles. The number of anilines is 1. The van der Waals surface area contributed by atoms with Gasteiger partial charge < -0.3 is 10.2 Å². The van der Waals surface area contributed by atoms with Gasteiger partial charge in [0.2, 0.25) is 0 Å². The Morgan fingerprint density at radius 1 is 1.26 bits per heavy atom. The summed E-state index contributed by atoms with van der Waals surface area (Å²) in [6.45, 7) is 8.89. The van der Waals surface area contributed by atoms with E-state index in [-0.39, 0.29) is 0 Å². The number of nitrogens with one attached hydrogen (secondary N) is 1. The van der Waals surface area contributed by atoms with Crippen molar-refractivity contribution in [3.8, 4) is 0 Å². The van der Waals surface area contributed by atoms with Crippen LogP contribution < -0.4 is 10.2 Å². The molecule has 3 heterocycles. The molecule has 3 rings (SSSR count). The van der Waals surface area contributed by atoms with Gasteiger partial charge in [-0.25, -0.2) is 4.98 Å². The van der Waals surface area contributed by atoms with Crippen molar-refractivity contribution in [3.63, 3.8) is 0 Å². The predicted octanol–water partition coefficient (Wildman–Crippen LogP) is 1.65. The molecule has 4 heteroatoms. The monoisotopic (exact) mass is 260 g/mol. The molecule has 4 nitrogen and oxygen atoms in total. The second-order valence-electron chi connectivity index (χ2n) is 5.47. The molecule has 2 saturated heterocycles. The van der Waals surface area contributed by atoms with Gasteiger partial charge in [-0.05, 0) is 37.6 Å². The van der Waals surface area contributed by atoms with E-state index in [1.165, 1.54) is 24.9 Å². The molecule has 0 aliphatic carbocycles. The number of likely N-dealkylation sites (tertiary alicyclic amines) is 1. The molecule has 1 N–H and O–H groups in total. The topological polar surface area (TPSA) is 31.4 Å². The van der Waals surface area contributed by atoms with E-state index in [1.54, 1.807) is 0 Å². The van der Waals surface area contributed by atoms with Crippen LogP contribution in [0, 0.1) is 0 Å². The second-order valence-corrected chi connectivity index (χ2v) is 5.47. The Morgan fingerprint density at radius 2 is 2.11 bits per heavy atom. The van der Waals surface area contributed by atoms with Crippen molar-refractivity contribution in [1.29, 1.82) is 0 Å². The normalized spacial score (nSPS) is 24.9. The van der Waals surface area contributed by atoms with E-state index in [4.69, 9.17) is 0 Å². The van der Waals surface area contributed by atoms with E-state index >= 15 is 0 Å². The summed E-state index contributed by atoms with van der Waals surface area (Å²) in [6.07, 6.45) is 4.69. The van der Waals surface area contributed by atoms with Crippen molar-refractivity contribution >= 4 is 5.82 Å². The predicted molar refractivity (Wildman–Crippen MR) is 78.5 cm³/mol. The summed E-state index contributed by atoms with van der Waals surface area (Å²) in [7, 11) is 0. The summed E-state index contributed by atoms with van der Waals surface area (Å²) in [5.74, 6) is 1.13. The summed E-state index contributed by atoms with van der Waals surface area (Å²) in [6, 6.07) is 5.07. The molecule has 1 atom stereocenters. The van der Waals surface area contributed by atoms with Crippen LogP contribution in [-0.2, 0) is 0 Å². The lowest BCUT2D eigenvalue weighted by Gasteiger charge is -2.29. The number of rotatable bonds is 3. The van der Waals surface area contributed by atoms with Crippen LogP contribution in [0.4, 0.5) is 5.82 Å². The van der Waals surface area contributed by atoms with E-state index in [0.717, 1.165) is 38.5 Å². The number of pyridine rings is 1. The van der Waals surface area contributed by atoms with Gasteiger partial charge in [0.25, 0.3) is 0 Å². The van der Waals surface area contributed by atoms with Crippen LogP contribution >= 0.6 is 0 Å². The molecule has 0 amide bonds. The molecule has 2 aliphatic heterocycles. The lowest BCUT2D eigenvalue weighted by Crippen LogP contribution is -2.43. The largest absolute Gasteiger partial charge is 0.354 e. The van der Waals surface area contributed by atoms with Crippen LogP contribution in [0.15, 0.2) is 18.3 Å². The van der Waals surface area contributed by atoms with Crippen molar-refractivity contribution in [1.82, 2.24) is 15.2 Å². The third-order valence-corrected chi connectivity index (χ3v) is 4.37. The van der Waals surface area contributed by atoms with Gasteiger partial charge in [0.05, 0.1) is 0 Å². The first-order chi connectivity index (χ1) is 9.38. The van der Waals surface area contributed by atoms with Crippen LogP contribution in [0.1, 0.15) is 31.4 Å². The smallest absolute Gasteiger partial charge is 0.128 e. The lowest BCUT2D eigenvalue weighted by molar-refractivity contribution is 0.271. The van der Waals surface area contributed by atoms with Crippen LogP contribution in [0.25, 0.3) is 0 Å². The average Bonchev–Trinajstić information content (AvgIpc) is 2.97. The summed E-state index contributed by atoms with van der Waals surface area (Å²) in [5, 5.41) is 3.38. The van der Waals surface area contributed by atoms with Gasteiger partial charge in [-0.2, -0.15) is 0 Å². The second kappa shape index (κ2) is 5.88. The molecule has 0 unspecified atom stereocenters. The number of nitrogens with zero attached hydrogens (tertiary/aromatic N) is 3. The molecule has 2 aliphatic rings. The minimum Gasteiger partial charge on any atom is -0.354 e. The van der Waals surface area contributed by atoms with E-state index < -0.39 is 0 Å². The Bertz CT molecular complexity index is 397. The maximum Gasteiger partial charge on any atom is 0.128 e. The molecule has 104 valence electrons. The fourth-order valence-electron chi connectivity index (χ4n) is 3.26. The number of aromatic nitrogens is 1. The Balaban J connectivity index is 1.71. The zero-order chi connectivity index (χ0) is 13.1. The first-order valence-electron chi connectivity index (χ1n) is 7.54. The highest BCUT2D eigenvalue weighted by molar-refractivity contribution is 5.40.